The molecule has 0 saturated heterocycles. The average Bonchev–Trinajstić information content (AvgIpc) is 4.03. The van der Waals surface area contributed by atoms with Gasteiger partial charge in [0.2, 0.25) is 0 Å². The van der Waals surface area contributed by atoms with Crippen LogP contribution in [0.2, 0.25) is 0 Å². The molecule has 0 aliphatic heterocycles. The third-order valence-electron chi connectivity index (χ3n) is 15.2. The van der Waals surface area contributed by atoms with Gasteiger partial charge in [0, 0.05) is 39.8 Å². The molecule has 2 atom stereocenters. The predicted octanol–water partition coefficient (Wildman–Crippen LogP) is 15.4. The van der Waals surface area contributed by atoms with E-state index in [0.29, 0.717) is 0 Å². The van der Waals surface area contributed by atoms with Gasteiger partial charge in [-0.3, -0.25) is 8.97 Å². The number of aryl methyl sites for hydroxylation is 2. The predicted molar refractivity (Wildman–Crippen MR) is 290 cm³/mol. The van der Waals surface area contributed by atoms with Crippen LogP contribution in [-0.4, -0.2) is 23.9 Å². The van der Waals surface area contributed by atoms with Gasteiger partial charge in [0.1, 0.15) is 17.3 Å². The van der Waals surface area contributed by atoms with Gasteiger partial charge in [-0.15, -0.1) is 0 Å². The molecule has 3 aromatic heterocycles. The molecule has 0 radical (unpaired) electrons. The highest BCUT2D eigenvalue weighted by atomic mass is 15.1. The smallest absolute Gasteiger partial charge is 0.146 e. The summed E-state index contributed by atoms with van der Waals surface area (Å²) in [6.07, 6.45) is 38.9. The quantitative estimate of drug-likeness (QED) is 0.145. The lowest BCUT2D eigenvalue weighted by molar-refractivity contribution is 0.648. The lowest BCUT2D eigenvalue weighted by atomic mass is 9.66. The summed E-state index contributed by atoms with van der Waals surface area (Å²) in [6.45, 7) is 9.21. The van der Waals surface area contributed by atoms with Gasteiger partial charge in [-0.2, -0.15) is 0 Å². The van der Waals surface area contributed by atoms with Crippen molar-refractivity contribution < 1.29 is 0 Å². The van der Waals surface area contributed by atoms with Crippen LogP contribution in [0.15, 0.2) is 200 Å². The molecule has 5 nitrogen and oxygen atoms in total. The first kappa shape index (κ1) is 42.0. The number of aromatic nitrogens is 5. The Balaban J connectivity index is 0.922. The van der Waals surface area contributed by atoms with E-state index in [9.17, 15) is 0 Å². The van der Waals surface area contributed by atoms with Gasteiger partial charge in [-0.1, -0.05) is 183 Å². The molecule has 338 valence electrons. The maximum atomic E-state index is 5.60. The number of rotatable bonds is 9. The van der Waals surface area contributed by atoms with Crippen LogP contribution in [-0.2, 0) is 12.8 Å². The van der Waals surface area contributed by atoms with Crippen LogP contribution < -0.4 is 0 Å². The van der Waals surface area contributed by atoms with Crippen molar-refractivity contribution in [2.75, 3.05) is 0 Å². The van der Waals surface area contributed by atoms with Crippen molar-refractivity contribution in [2.45, 2.75) is 57.3 Å². The van der Waals surface area contributed by atoms with Crippen LogP contribution in [0, 0.1) is 5.92 Å². The van der Waals surface area contributed by atoms with Crippen LogP contribution in [0.4, 0.5) is 0 Å². The summed E-state index contributed by atoms with van der Waals surface area (Å²) < 4.78 is 4.67. The molecular weight excluding hydrogens is 851 g/mol. The highest BCUT2D eigenvalue weighted by Crippen LogP contribution is 2.51. The van der Waals surface area contributed by atoms with Gasteiger partial charge in [0.25, 0.3) is 0 Å². The second kappa shape index (κ2) is 17.4. The van der Waals surface area contributed by atoms with Gasteiger partial charge in [-0.25, -0.2) is 15.0 Å². The molecule has 7 aromatic rings. The fraction of sp³-hybridized carbons (Fsp3) is 0.154. The van der Waals surface area contributed by atoms with Crippen molar-refractivity contribution in [3.05, 3.63) is 262 Å². The molecule has 2 unspecified atom stereocenters. The Morgan fingerprint density at radius 1 is 0.657 bits per heavy atom. The van der Waals surface area contributed by atoms with Crippen molar-refractivity contribution >= 4 is 40.2 Å². The van der Waals surface area contributed by atoms with E-state index in [0.717, 1.165) is 114 Å². The molecule has 70 heavy (non-hydrogen) atoms. The van der Waals surface area contributed by atoms with Crippen LogP contribution in [0.5, 0.6) is 0 Å². The number of imidazole rings is 2. The van der Waals surface area contributed by atoms with Gasteiger partial charge in [0.05, 0.1) is 28.5 Å². The zero-order valence-corrected chi connectivity index (χ0v) is 39.4. The first-order chi connectivity index (χ1) is 34.6. The number of nitrogens with zero attached hydrogens (tertiary/aromatic N) is 5. The molecule has 0 amide bonds. The third kappa shape index (κ3) is 6.94. The molecule has 0 spiro atoms. The van der Waals surface area contributed by atoms with E-state index in [-0.39, 0.29) is 11.8 Å². The topological polar surface area (TPSA) is 48.0 Å². The normalized spacial score (nSPS) is 18.7. The first-order valence-corrected chi connectivity index (χ1v) is 25.1. The number of fused-ring (bicyclic) bond motifs is 7. The van der Waals surface area contributed by atoms with Crippen molar-refractivity contribution in [2.24, 2.45) is 5.92 Å². The first-order valence-electron chi connectivity index (χ1n) is 25.1. The minimum Gasteiger partial charge on any atom is -0.292 e. The Kier molecular flexibility index (Phi) is 10.5. The summed E-state index contributed by atoms with van der Waals surface area (Å²) in [7, 11) is 0. The number of hydrogen-bond acceptors (Lipinski definition) is 3. The Labute approximate surface area is 410 Å². The Bertz CT molecular complexity index is 3620. The van der Waals surface area contributed by atoms with Gasteiger partial charge < -0.3 is 0 Å². The monoisotopic (exact) mass is 903 g/mol. The zero-order chi connectivity index (χ0) is 46.7. The Morgan fingerprint density at radius 3 is 2.33 bits per heavy atom. The lowest BCUT2D eigenvalue weighted by Crippen LogP contribution is -2.23. The number of benzene rings is 4. The molecule has 6 aliphatic carbocycles. The van der Waals surface area contributed by atoms with Crippen molar-refractivity contribution in [3.63, 3.8) is 0 Å². The molecule has 13 rings (SSSR count). The molecule has 5 heteroatoms. The Hall–Kier alpha value is -8.15. The summed E-state index contributed by atoms with van der Waals surface area (Å²) in [5.74, 6) is 2.08. The minimum atomic E-state index is 0.0776. The summed E-state index contributed by atoms with van der Waals surface area (Å²) in [6, 6.07) is 38.1. The van der Waals surface area contributed by atoms with E-state index in [1.54, 1.807) is 0 Å². The Morgan fingerprint density at radius 2 is 1.46 bits per heavy atom. The van der Waals surface area contributed by atoms with E-state index in [2.05, 4.69) is 198 Å². The van der Waals surface area contributed by atoms with Crippen LogP contribution >= 0.6 is 0 Å². The van der Waals surface area contributed by atoms with Crippen LogP contribution in [0.3, 0.4) is 0 Å². The summed E-state index contributed by atoms with van der Waals surface area (Å²) in [4.78, 5) is 16.2. The average molecular weight is 904 g/mol. The molecule has 6 aliphatic rings. The highest BCUT2D eigenvalue weighted by Gasteiger charge is 2.36. The van der Waals surface area contributed by atoms with E-state index in [1.807, 2.05) is 6.08 Å². The maximum absolute atomic E-state index is 5.60. The van der Waals surface area contributed by atoms with Crippen LogP contribution in [0.1, 0.15) is 106 Å². The van der Waals surface area contributed by atoms with Gasteiger partial charge in [-0.05, 0) is 120 Å². The molecule has 3 heterocycles. The van der Waals surface area contributed by atoms with Crippen LogP contribution in [0.25, 0.3) is 62.9 Å². The molecule has 0 fully saturated rings. The molecule has 0 saturated carbocycles. The van der Waals surface area contributed by atoms with E-state index in [1.165, 1.54) is 61.5 Å². The number of allylic oxidation sites excluding steroid dienone is 16. The maximum Gasteiger partial charge on any atom is 0.146 e. The number of hydrogen-bond donors (Lipinski definition) is 0. The zero-order valence-electron chi connectivity index (χ0n) is 39.4. The SMILES string of the molecule is C=CC1=C(c2nc(C3=CC=CCC3)c(-c3ccccc3)n2C(=C)c2cccc(C3c4ccccc4C(c4ccc(-c5nc6c(c7nc8c(n57)C=CCC8)CCC=C6)cc4)=C4C=CC=CC43)c2)CCC=C1. The second-order valence-electron chi connectivity index (χ2n) is 19.2. The highest BCUT2D eigenvalue weighted by molar-refractivity contribution is 5.90. The summed E-state index contributed by atoms with van der Waals surface area (Å²) >= 11 is 0. The molecule has 4 aromatic carbocycles. The molecule has 0 N–H and O–H groups in total. The lowest BCUT2D eigenvalue weighted by Gasteiger charge is -2.37. The molecule has 0 bridgehead atoms. The molecular formula is C65H53N5. The van der Waals surface area contributed by atoms with Crippen molar-refractivity contribution in [1.29, 1.82) is 0 Å². The van der Waals surface area contributed by atoms with Gasteiger partial charge >= 0.3 is 0 Å². The second-order valence-corrected chi connectivity index (χ2v) is 19.2. The van der Waals surface area contributed by atoms with Crippen molar-refractivity contribution in [1.82, 2.24) is 23.9 Å². The standard InChI is InChI=1S/C65H53N5/c1-3-43-21-10-11-28-50(43)64-68-61(45-22-6-4-7-23-45)62(46-24-8-5-9-25-46)69(64)42(2)48-26-20-27-49(41-48)60-53-31-14-12-29-51(53)59(52-30-13-15-32-54(52)60)44-37-39-47(40-38-44)63-66-56-34-17-16-33-55(56)65-67-57-35-18-19-36-58(57)70(63)65/h3-6,8-10,12-15,17,19-22,24-27,29-32,34,36-41,53,60H,1-2,7,11,16,18,23,28,33,35H2. The van der Waals surface area contributed by atoms with E-state index < -0.39 is 0 Å². The van der Waals surface area contributed by atoms with E-state index >= 15 is 0 Å². The van der Waals surface area contributed by atoms with E-state index in [4.69, 9.17) is 21.5 Å². The third-order valence-corrected chi connectivity index (χ3v) is 15.2. The largest absolute Gasteiger partial charge is 0.292 e. The fourth-order valence-electron chi connectivity index (χ4n) is 11.9. The fourth-order valence-corrected chi connectivity index (χ4v) is 11.9. The van der Waals surface area contributed by atoms with Gasteiger partial charge in [0.15, 0.2) is 0 Å². The minimum absolute atomic E-state index is 0.0776. The summed E-state index contributed by atoms with van der Waals surface area (Å²) in [5.41, 5.74) is 23.2. The summed E-state index contributed by atoms with van der Waals surface area (Å²) in [5, 5.41) is 0. The van der Waals surface area contributed by atoms with Crippen molar-refractivity contribution in [3.8, 4) is 22.6 Å².